The van der Waals surface area contributed by atoms with Crippen LogP contribution >= 0.6 is 0 Å². The van der Waals surface area contributed by atoms with Gasteiger partial charge in [-0.25, -0.2) is 4.79 Å². The quantitative estimate of drug-likeness (QED) is 0.318. The van der Waals surface area contributed by atoms with Gasteiger partial charge in [0.15, 0.2) is 11.3 Å². The van der Waals surface area contributed by atoms with Crippen molar-refractivity contribution in [1.29, 1.82) is 0 Å². The van der Waals surface area contributed by atoms with E-state index in [0.29, 0.717) is 17.5 Å². The van der Waals surface area contributed by atoms with Crippen LogP contribution in [0.3, 0.4) is 0 Å². The monoisotopic (exact) mass is 451 g/mol. The van der Waals surface area contributed by atoms with Gasteiger partial charge in [-0.05, 0) is 23.1 Å². The summed E-state index contributed by atoms with van der Waals surface area (Å²) in [5.41, 5.74) is 2.83. The van der Waals surface area contributed by atoms with Crippen LogP contribution in [0, 0.1) is 0 Å². The number of para-hydroxylation sites is 1. The Labute approximate surface area is 197 Å². The second-order valence-electron chi connectivity index (χ2n) is 8.57. The fourth-order valence-corrected chi connectivity index (χ4v) is 4.78. The standard InChI is InChI=1S/C28H25N3O3/c1-2-20-12-9-15-22-23(17-29-25(20)22)24(32)18-31-26(33)28(30-27(31)34,21-13-7-4-8-14-21)16-19-10-5-3-6-11-19/h3-15,17,29H,2,16,18H2,1H3,(H,30,34)/t28-/m1/s1. The molecule has 34 heavy (non-hydrogen) atoms. The minimum Gasteiger partial charge on any atom is -0.360 e. The van der Waals surface area contributed by atoms with Crippen molar-refractivity contribution in [2.24, 2.45) is 0 Å². The number of H-pyrrole nitrogens is 1. The summed E-state index contributed by atoms with van der Waals surface area (Å²) in [5, 5.41) is 3.72. The number of nitrogens with one attached hydrogen (secondary N) is 2. The summed E-state index contributed by atoms with van der Waals surface area (Å²) in [7, 11) is 0. The van der Waals surface area contributed by atoms with E-state index in [2.05, 4.69) is 17.2 Å². The molecule has 170 valence electrons. The van der Waals surface area contributed by atoms with Crippen LogP contribution in [0.1, 0.15) is 34.0 Å². The van der Waals surface area contributed by atoms with Gasteiger partial charge in [-0.3, -0.25) is 14.5 Å². The van der Waals surface area contributed by atoms with Crippen LogP contribution in [0.25, 0.3) is 10.9 Å². The molecule has 1 saturated heterocycles. The molecule has 0 saturated carbocycles. The SMILES string of the molecule is CCc1cccc2c(C(=O)CN3C(=O)N[C@](Cc4ccccc4)(c4ccccc4)C3=O)c[nH]c12. The van der Waals surface area contributed by atoms with E-state index in [9.17, 15) is 14.4 Å². The Morgan fingerprint density at radius 3 is 2.32 bits per heavy atom. The van der Waals surface area contributed by atoms with Gasteiger partial charge >= 0.3 is 6.03 Å². The van der Waals surface area contributed by atoms with E-state index in [1.807, 2.05) is 78.9 Å². The van der Waals surface area contributed by atoms with Gasteiger partial charge in [0.2, 0.25) is 0 Å². The van der Waals surface area contributed by atoms with E-state index in [1.165, 1.54) is 0 Å². The summed E-state index contributed by atoms with van der Waals surface area (Å²) in [6.45, 7) is 1.73. The lowest BCUT2D eigenvalue weighted by molar-refractivity contribution is -0.131. The highest BCUT2D eigenvalue weighted by atomic mass is 16.2. The van der Waals surface area contributed by atoms with Crippen molar-refractivity contribution in [2.75, 3.05) is 6.54 Å². The fourth-order valence-electron chi connectivity index (χ4n) is 4.78. The lowest BCUT2D eigenvalue weighted by Gasteiger charge is -2.27. The summed E-state index contributed by atoms with van der Waals surface area (Å²) >= 11 is 0. The number of imide groups is 1. The predicted octanol–water partition coefficient (Wildman–Crippen LogP) is 4.60. The summed E-state index contributed by atoms with van der Waals surface area (Å²) in [4.78, 5) is 44.4. The average molecular weight is 452 g/mol. The number of aromatic nitrogens is 1. The Bertz CT molecular complexity index is 1380. The van der Waals surface area contributed by atoms with Crippen LogP contribution in [0.4, 0.5) is 4.79 Å². The number of aryl methyl sites for hydroxylation is 1. The Hall–Kier alpha value is -4.19. The molecule has 2 N–H and O–H groups in total. The second kappa shape index (κ2) is 8.63. The number of aromatic amines is 1. The Balaban J connectivity index is 1.48. The number of ketones is 1. The largest absolute Gasteiger partial charge is 0.360 e. The average Bonchev–Trinajstić information content (AvgIpc) is 3.41. The number of carbonyl (C=O) groups excluding carboxylic acids is 3. The van der Waals surface area contributed by atoms with Crippen molar-refractivity contribution < 1.29 is 14.4 Å². The molecule has 3 aromatic carbocycles. The Morgan fingerprint density at radius 1 is 0.912 bits per heavy atom. The van der Waals surface area contributed by atoms with E-state index >= 15 is 0 Å². The topological polar surface area (TPSA) is 82.3 Å². The predicted molar refractivity (Wildman–Crippen MR) is 131 cm³/mol. The lowest BCUT2D eigenvalue weighted by atomic mass is 9.83. The minimum absolute atomic E-state index is 0.286. The summed E-state index contributed by atoms with van der Waals surface area (Å²) in [6, 6.07) is 24.0. The molecule has 3 amide bonds. The van der Waals surface area contributed by atoms with Gasteiger partial charge in [-0.15, -0.1) is 0 Å². The molecular formula is C28H25N3O3. The van der Waals surface area contributed by atoms with Gasteiger partial charge in [0.1, 0.15) is 0 Å². The summed E-state index contributed by atoms with van der Waals surface area (Å²) in [5.74, 6) is -0.707. The van der Waals surface area contributed by atoms with Crippen molar-refractivity contribution >= 4 is 28.6 Å². The Morgan fingerprint density at radius 2 is 1.62 bits per heavy atom. The first kappa shape index (κ1) is 21.6. The highest BCUT2D eigenvalue weighted by molar-refractivity contribution is 6.14. The van der Waals surface area contributed by atoms with E-state index in [1.54, 1.807) is 6.20 Å². The number of hydrogen-bond acceptors (Lipinski definition) is 3. The number of benzene rings is 3. The zero-order valence-electron chi connectivity index (χ0n) is 18.9. The molecule has 1 aliphatic heterocycles. The van der Waals surface area contributed by atoms with Gasteiger partial charge in [-0.1, -0.05) is 85.8 Å². The molecule has 1 atom stereocenters. The van der Waals surface area contributed by atoms with Crippen molar-refractivity contribution in [3.05, 3.63) is 107 Å². The van der Waals surface area contributed by atoms with Gasteiger partial charge in [0.25, 0.3) is 5.91 Å². The third-order valence-electron chi connectivity index (χ3n) is 6.54. The molecular weight excluding hydrogens is 426 g/mol. The third-order valence-corrected chi connectivity index (χ3v) is 6.54. The van der Waals surface area contributed by atoms with Gasteiger partial charge in [0.05, 0.1) is 6.54 Å². The molecule has 0 aliphatic carbocycles. The molecule has 2 heterocycles. The van der Waals surface area contributed by atoms with E-state index < -0.39 is 17.5 Å². The molecule has 0 radical (unpaired) electrons. The molecule has 0 spiro atoms. The molecule has 6 nitrogen and oxygen atoms in total. The number of hydrogen-bond donors (Lipinski definition) is 2. The number of carbonyl (C=O) groups is 3. The smallest absolute Gasteiger partial charge is 0.325 e. The maximum Gasteiger partial charge on any atom is 0.325 e. The summed E-state index contributed by atoms with van der Waals surface area (Å²) in [6.07, 6.45) is 2.79. The zero-order chi connectivity index (χ0) is 23.7. The molecule has 1 fully saturated rings. The zero-order valence-corrected chi connectivity index (χ0v) is 18.9. The number of amides is 3. The van der Waals surface area contributed by atoms with Crippen LogP contribution in [0.2, 0.25) is 0 Å². The molecule has 6 heteroatoms. The molecule has 5 rings (SSSR count). The molecule has 0 bridgehead atoms. The fraction of sp³-hybridized carbons (Fsp3) is 0.179. The normalized spacial score (nSPS) is 17.9. The Kier molecular flexibility index (Phi) is 5.49. The van der Waals surface area contributed by atoms with Crippen molar-refractivity contribution in [2.45, 2.75) is 25.3 Å². The van der Waals surface area contributed by atoms with Crippen molar-refractivity contribution in [3.63, 3.8) is 0 Å². The van der Waals surface area contributed by atoms with Crippen LogP contribution in [0.15, 0.2) is 85.1 Å². The van der Waals surface area contributed by atoms with E-state index in [0.717, 1.165) is 33.4 Å². The van der Waals surface area contributed by atoms with Crippen LogP contribution < -0.4 is 5.32 Å². The van der Waals surface area contributed by atoms with Crippen molar-refractivity contribution in [3.8, 4) is 0 Å². The number of urea groups is 1. The maximum absolute atomic E-state index is 13.8. The summed E-state index contributed by atoms with van der Waals surface area (Å²) < 4.78 is 0. The number of rotatable bonds is 7. The number of fused-ring (bicyclic) bond motifs is 1. The van der Waals surface area contributed by atoms with E-state index in [4.69, 9.17) is 0 Å². The van der Waals surface area contributed by atoms with Gasteiger partial charge in [0, 0.05) is 29.1 Å². The van der Waals surface area contributed by atoms with Crippen molar-refractivity contribution in [1.82, 2.24) is 15.2 Å². The van der Waals surface area contributed by atoms with Gasteiger partial charge in [-0.2, -0.15) is 0 Å². The molecule has 1 aromatic heterocycles. The van der Waals surface area contributed by atoms with Crippen LogP contribution in [0.5, 0.6) is 0 Å². The molecule has 1 aliphatic rings. The second-order valence-corrected chi connectivity index (χ2v) is 8.57. The minimum atomic E-state index is -1.27. The van der Waals surface area contributed by atoms with E-state index in [-0.39, 0.29) is 12.3 Å². The lowest BCUT2D eigenvalue weighted by Crippen LogP contribution is -2.46. The number of nitrogens with zero attached hydrogens (tertiary/aromatic N) is 1. The van der Waals surface area contributed by atoms with Crippen LogP contribution in [-0.2, 0) is 23.2 Å². The maximum atomic E-state index is 13.8. The highest BCUT2D eigenvalue weighted by Crippen LogP contribution is 2.33. The molecule has 4 aromatic rings. The van der Waals surface area contributed by atoms with Gasteiger partial charge < -0.3 is 10.3 Å². The highest BCUT2D eigenvalue weighted by Gasteiger charge is 2.52. The molecule has 0 unspecified atom stereocenters. The van der Waals surface area contributed by atoms with Crippen LogP contribution in [-0.4, -0.2) is 34.2 Å². The first-order valence-electron chi connectivity index (χ1n) is 11.4. The number of Topliss-reactive ketones (excluding diaryl/α,β-unsaturated/α-hetero) is 1. The first-order chi connectivity index (χ1) is 16.5. The first-order valence-corrected chi connectivity index (χ1v) is 11.4. The third kappa shape index (κ3) is 3.57.